The number of aliphatic hydroxyl groups is 1. The molecule has 2 aliphatic rings. The van der Waals surface area contributed by atoms with Crippen LogP contribution in [0.4, 0.5) is 0 Å². The highest BCUT2D eigenvalue weighted by Crippen LogP contribution is 2.34. The number of aliphatic imine (C=N–C) groups is 1. The minimum absolute atomic E-state index is 0.175. The van der Waals surface area contributed by atoms with Crippen LogP contribution in [0.15, 0.2) is 17.1 Å². The van der Waals surface area contributed by atoms with Crippen LogP contribution >= 0.6 is 0 Å². The molecule has 0 aromatic rings. The van der Waals surface area contributed by atoms with Crippen molar-refractivity contribution in [2.75, 3.05) is 26.2 Å². The Balaban J connectivity index is 1.62. The molecule has 0 amide bonds. The van der Waals surface area contributed by atoms with Gasteiger partial charge in [0.15, 0.2) is 5.96 Å². The number of rotatable bonds is 15. The van der Waals surface area contributed by atoms with Gasteiger partial charge in [0, 0.05) is 19.6 Å². The van der Waals surface area contributed by atoms with Crippen LogP contribution in [0.5, 0.6) is 0 Å². The summed E-state index contributed by atoms with van der Waals surface area (Å²) in [4.78, 5) is 8.86. The summed E-state index contributed by atoms with van der Waals surface area (Å²) in [5.74, 6) is 1.01. The Labute approximate surface area is 184 Å². The SMILES string of the molecule is CC(C)CCCCCCCCCC1(O)C=CC2N(CCCCN=C(N)N)CCCN21. The molecule has 0 aromatic carbocycles. The average Bonchev–Trinajstić information content (AvgIpc) is 3.04. The van der Waals surface area contributed by atoms with Gasteiger partial charge in [-0.2, -0.15) is 0 Å². The molecule has 1 saturated heterocycles. The molecule has 2 unspecified atom stereocenters. The number of nitrogens with zero attached hydrogens (tertiary/aromatic N) is 3. The fourth-order valence-corrected chi connectivity index (χ4v) is 4.82. The summed E-state index contributed by atoms with van der Waals surface area (Å²) in [6, 6.07) is 0. The largest absolute Gasteiger partial charge is 0.372 e. The number of fused-ring (bicyclic) bond motifs is 1. The third-order valence-electron chi connectivity index (χ3n) is 6.54. The van der Waals surface area contributed by atoms with Gasteiger partial charge in [-0.15, -0.1) is 0 Å². The third-order valence-corrected chi connectivity index (χ3v) is 6.54. The van der Waals surface area contributed by atoms with Crippen LogP contribution in [-0.4, -0.2) is 58.9 Å². The van der Waals surface area contributed by atoms with E-state index in [-0.39, 0.29) is 12.1 Å². The minimum atomic E-state index is -0.751. The van der Waals surface area contributed by atoms with E-state index in [1.165, 1.54) is 44.9 Å². The Hall–Kier alpha value is -1.11. The zero-order chi connectivity index (χ0) is 21.8. The molecule has 5 N–H and O–H groups in total. The molecule has 2 aliphatic heterocycles. The molecular weight excluding hydrogens is 374 g/mol. The van der Waals surface area contributed by atoms with E-state index in [0.717, 1.165) is 57.7 Å². The summed E-state index contributed by atoms with van der Waals surface area (Å²) in [5.41, 5.74) is 10.0. The van der Waals surface area contributed by atoms with Crippen LogP contribution in [-0.2, 0) is 0 Å². The highest BCUT2D eigenvalue weighted by atomic mass is 16.3. The fourth-order valence-electron chi connectivity index (χ4n) is 4.82. The summed E-state index contributed by atoms with van der Waals surface area (Å²) in [6.07, 6.45) is 19.0. The Morgan fingerprint density at radius 3 is 2.43 bits per heavy atom. The maximum Gasteiger partial charge on any atom is 0.185 e. The van der Waals surface area contributed by atoms with Crippen LogP contribution in [0.25, 0.3) is 0 Å². The zero-order valence-corrected chi connectivity index (χ0v) is 19.6. The van der Waals surface area contributed by atoms with Crippen LogP contribution in [0, 0.1) is 5.92 Å². The van der Waals surface area contributed by atoms with E-state index < -0.39 is 5.72 Å². The monoisotopic (exact) mass is 421 g/mol. The number of guanidine groups is 1. The molecule has 0 radical (unpaired) electrons. The second kappa shape index (κ2) is 13.3. The number of hydrogen-bond donors (Lipinski definition) is 3. The van der Waals surface area contributed by atoms with Crippen LogP contribution in [0.3, 0.4) is 0 Å². The normalized spacial score (nSPS) is 24.5. The maximum atomic E-state index is 11.3. The van der Waals surface area contributed by atoms with Crippen LogP contribution < -0.4 is 11.5 Å². The first-order valence-corrected chi connectivity index (χ1v) is 12.4. The van der Waals surface area contributed by atoms with Gasteiger partial charge < -0.3 is 16.6 Å². The molecule has 6 nitrogen and oxygen atoms in total. The average molecular weight is 422 g/mol. The van der Waals surface area contributed by atoms with Crippen molar-refractivity contribution in [1.29, 1.82) is 0 Å². The highest BCUT2D eigenvalue weighted by Gasteiger charge is 2.43. The smallest absolute Gasteiger partial charge is 0.185 e. The molecule has 0 bridgehead atoms. The first-order chi connectivity index (χ1) is 14.4. The first kappa shape index (κ1) is 25.2. The Morgan fingerprint density at radius 2 is 1.73 bits per heavy atom. The Morgan fingerprint density at radius 1 is 1.03 bits per heavy atom. The molecule has 0 saturated carbocycles. The fraction of sp³-hybridized carbons (Fsp3) is 0.875. The lowest BCUT2D eigenvalue weighted by molar-refractivity contribution is -0.122. The summed E-state index contributed by atoms with van der Waals surface area (Å²) >= 11 is 0. The number of unbranched alkanes of at least 4 members (excludes halogenated alkanes) is 7. The molecule has 0 spiro atoms. The number of hydrogen-bond acceptors (Lipinski definition) is 4. The lowest BCUT2D eigenvalue weighted by Gasteiger charge is -2.45. The van der Waals surface area contributed by atoms with Crippen LogP contribution in [0.2, 0.25) is 0 Å². The van der Waals surface area contributed by atoms with Crippen molar-refractivity contribution < 1.29 is 5.11 Å². The van der Waals surface area contributed by atoms with Gasteiger partial charge in [-0.1, -0.05) is 64.9 Å². The number of nitrogens with two attached hydrogens (primary N) is 2. The van der Waals surface area contributed by atoms with E-state index in [9.17, 15) is 5.11 Å². The van der Waals surface area contributed by atoms with Gasteiger partial charge in [0.2, 0.25) is 0 Å². The predicted octanol–water partition coefficient (Wildman–Crippen LogP) is 3.80. The summed E-state index contributed by atoms with van der Waals surface area (Å²) in [5, 5.41) is 11.3. The van der Waals surface area contributed by atoms with Crippen molar-refractivity contribution in [2.24, 2.45) is 22.4 Å². The van der Waals surface area contributed by atoms with Gasteiger partial charge in [0.1, 0.15) is 5.72 Å². The molecule has 1 fully saturated rings. The standard InChI is InChI=1S/C24H47N5O/c1-21(2)13-8-6-4-3-5-7-9-15-24(30)16-14-22-28(19-12-20-29(22)24)18-11-10-17-27-23(25)26/h14,16,21-22,30H,3-13,15,17-20H2,1-2H3,(H4,25,26,27). The molecule has 2 rings (SSSR count). The van der Waals surface area contributed by atoms with Gasteiger partial charge in [0.25, 0.3) is 0 Å². The van der Waals surface area contributed by atoms with Crippen molar-refractivity contribution in [3.05, 3.63) is 12.2 Å². The van der Waals surface area contributed by atoms with E-state index >= 15 is 0 Å². The predicted molar refractivity (Wildman–Crippen MR) is 127 cm³/mol. The second-order valence-electron chi connectivity index (χ2n) is 9.66. The lowest BCUT2D eigenvalue weighted by atomic mass is 10.0. The molecule has 0 aromatic heterocycles. The molecular formula is C24H47N5O. The first-order valence-electron chi connectivity index (χ1n) is 12.4. The quantitative estimate of drug-likeness (QED) is 0.162. The van der Waals surface area contributed by atoms with Crippen molar-refractivity contribution in [3.8, 4) is 0 Å². The molecule has 30 heavy (non-hydrogen) atoms. The van der Waals surface area contributed by atoms with E-state index in [0.29, 0.717) is 6.54 Å². The third kappa shape index (κ3) is 8.56. The zero-order valence-electron chi connectivity index (χ0n) is 19.6. The van der Waals surface area contributed by atoms with Crippen molar-refractivity contribution in [2.45, 2.75) is 103 Å². The van der Waals surface area contributed by atoms with E-state index in [2.05, 4.69) is 40.8 Å². The van der Waals surface area contributed by atoms with Gasteiger partial charge in [-0.05, 0) is 50.6 Å². The van der Waals surface area contributed by atoms with E-state index in [1.54, 1.807) is 0 Å². The summed E-state index contributed by atoms with van der Waals surface area (Å²) in [6.45, 7) is 8.42. The molecule has 0 aliphatic carbocycles. The van der Waals surface area contributed by atoms with Crippen LogP contribution in [0.1, 0.15) is 90.9 Å². The summed E-state index contributed by atoms with van der Waals surface area (Å²) in [7, 11) is 0. The van der Waals surface area contributed by atoms with Gasteiger partial charge in [-0.3, -0.25) is 14.8 Å². The second-order valence-corrected chi connectivity index (χ2v) is 9.66. The Kier molecular flexibility index (Phi) is 11.2. The van der Waals surface area contributed by atoms with Gasteiger partial charge in [-0.25, -0.2) is 0 Å². The Bertz CT molecular complexity index is 532. The van der Waals surface area contributed by atoms with Crippen molar-refractivity contribution in [1.82, 2.24) is 9.80 Å². The molecule has 6 heteroatoms. The summed E-state index contributed by atoms with van der Waals surface area (Å²) < 4.78 is 0. The van der Waals surface area contributed by atoms with Crippen molar-refractivity contribution >= 4 is 5.96 Å². The van der Waals surface area contributed by atoms with Gasteiger partial charge >= 0.3 is 0 Å². The van der Waals surface area contributed by atoms with Crippen molar-refractivity contribution in [3.63, 3.8) is 0 Å². The van der Waals surface area contributed by atoms with E-state index in [4.69, 9.17) is 11.5 Å². The highest BCUT2D eigenvalue weighted by molar-refractivity contribution is 5.75. The lowest BCUT2D eigenvalue weighted by Crippen LogP contribution is -2.58. The molecule has 174 valence electrons. The maximum absolute atomic E-state index is 11.3. The molecule has 2 heterocycles. The van der Waals surface area contributed by atoms with Gasteiger partial charge in [0.05, 0.1) is 6.17 Å². The minimum Gasteiger partial charge on any atom is -0.372 e. The molecule has 2 atom stereocenters. The van der Waals surface area contributed by atoms with E-state index in [1.807, 2.05) is 0 Å². The topological polar surface area (TPSA) is 91.1 Å².